The summed E-state index contributed by atoms with van der Waals surface area (Å²) in [5.41, 5.74) is -1.60. The predicted molar refractivity (Wildman–Crippen MR) is 209 cm³/mol. The molecule has 340 valence electrons. The highest BCUT2D eigenvalue weighted by molar-refractivity contribution is 5.81. The summed E-state index contributed by atoms with van der Waals surface area (Å²) in [4.78, 5) is 39.2. The number of hydrogen-bond donors (Lipinski definition) is 6. The van der Waals surface area contributed by atoms with Crippen LogP contribution in [-0.2, 0) is 47.5 Å². The van der Waals surface area contributed by atoms with E-state index in [9.17, 15) is 45.0 Å². The number of methoxy groups -OCH3 is 3. The number of carbonyl (C=O) groups excluding carboxylic acids is 3. The highest BCUT2D eigenvalue weighted by Crippen LogP contribution is 2.76. The average Bonchev–Trinajstić information content (AvgIpc) is 3.23. The van der Waals surface area contributed by atoms with E-state index in [1.807, 2.05) is 13.8 Å². The van der Waals surface area contributed by atoms with Gasteiger partial charge in [-0.2, -0.15) is 0 Å². The second-order valence-corrected chi connectivity index (χ2v) is 20.4. The largest absolute Gasteiger partial charge is 0.469 e. The molecule has 0 radical (unpaired) electrons. The summed E-state index contributed by atoms with van der Waals surface area (Å²) in [6.45, 7) is 10.6. The summed E-state index contributed by atoms with van der Waals surface area (Å²) < 4.78 is 39.2. The number of allylic oxidation sites excluding steroid dienone is 2. The molecule has 5 aliphatic carbocycles. The molecule has 0 aromatic carbocycles. The zero-order chi connectivity index (χ0) is 44.0. The van der Waals surface area contributed by atoms with Gasteiger partial charge in [-0.25, -0.2) is 4.79 Å². The van der Waals surface area contributed by atoms with Gasteiger partial charge in [-0.05, 0) is 105 Å². The van der Waals surface area contributed by atoms with Gasteiger partial charge in [-0.1, -0.05) is 39.3 Å². The normalized spacial score (nSPS) is 51.4. The number of hydrogen-bond acceptors (Lipinski definition) is 16. The van der Waals surface area contributed by atoms with Crippen LogP contribution in [0.4, 0.5) is 0 Å². The van der Waals surface area contributed by atoms with Gasteiger partial charge in [0.15, 0.2) is 18.7 Å². The van der Waals surface area contributed by atoms with E-state index in [1.165, 1.54) is 19.8 Å². The fraction of sp³-hybridized carbons (Fsp3) is 0.886. The molecule has 2 heterocycles. The first-order valence-corrected chi connectivity index (χ1v) is 21.7. The zero-order valence-electron chi connectivity index (χ0n) is 36.3. The van der Waals surface area contributed by atoms with Gasteiger partial charge in [-0.15, -0.1) is 0 Å². The van der Waals surface area contributed by atoms with Gasteiger partial charge in [0.2, 0.25) is 0 Å². The van der Waals surface area contributed by atoms with Crippen molar-refractivity contribution < 1.29 is 78.2 Å². The van der Waals surface area contributed by atoms with Gasteiger partial charge in [-0.3, -0.25) is 9.59 Å². The van der Waals surface area contributed by atoms with Crippen molar-refractivity contribution in [1.29, 1.82) is 0 Å². The Morgan fingerprint density at radius 2 is 1.43 bits per heavy atom. The first-order valence-electron chi connectivity index (χ1n) is 21.7. The molecule has 0 unspecified atom stereocenters. The second kappa shape index (κ2) is 16.1. The van der Waals surface area contributed by atoms with Crippen LogP contribution in [0.3, 0.4) is 0 Å². The summed E-state index contributed by atoms with van der Waals surface area (Å²) in [6, 6.07) is 0. The molecule has 19 atom stereocenters. The lowest BCUT2D eigenvalue weighted by Crippen LogP contribution is -2.67. The van der Waals surface area contributed by atoms with Crippen LogP contribution in [0.25, 0.3) is 0 Å². The van der Waals surface area contributed by atoms with Crippen LogP contribution in [0.1, 0.15) is 98.8 Å². The number of ether oxygens (including phenoxy) is 7. The van der Waals surface area contributed by atoms with E-state index in [0.717, 1.165) is 39.2 Å². The summed E-state index contributed by atoms with van der Waals surface area (Å²) in [6.07, 6.45) is -6.12. The lowest BCUT2D eigenvalue weighted by atomic mass is 9.33. The van der Waals surface area contributed by atoms with Crippen LogP contribution in [-0.4, -0.2) is 145 Å². The van der Waals surface area contributed by atoms with E-state index in [2.05, 4.69) is 31.6 Å². The van der Waals surface area contributed by atoms with E-state index < -0.39 is 83.6 Å². The van der Waals surface area contributed by atoms with Gasteiger partial charge in [0, 0.05) is 5.41 Å². The maximum Gasteiger partial charge on any atom is 0.337 e. The molecule has 0 aromatic rings. The fourth-order valence-corrected chi connectivity index (χ4v) is 14.0. The summed E-state index contributed by atoms with van der Waals surface area (Å²) >= 11 is 0. The fourth-order valence-electron chi connectivity index (χ4n) is 14.0. The molecule has 4 saturated carbocycles. The molecule has 0 amide bonds. The lowest BCUT2D eigenvalue weighted by Gasteiger charge is -2.71. The number of fused-ring (bicyclic) bond motifs is 7. The Bertz CT molecular complexity index is 1690. The van der Waals surface area contributed by atoms with Crippen molar-refractivity contribution in [3.8, 4) is 0 Å². The number of esters is 3. The Hall–Kier alpha value is -2.25. The topological polar surface area (TPSA) is 237 Å². The van der Waals surface area contributed by atoms with Crippen LogP contribution in [0.2, 0.25) is 0 Å². The molecular weight excluding hydrogens is 784 g/mol. The van der Waals surface area contributed by atoms with Gasteiger partial charge in [0.1, 0.15) is 36.6 Å². The van der Waals surface area contributed by atoms with Crippen LogP contribution >= 0.6 is 0 Å². The van der Waals surface area contributed by atoms with Crippen molar-refractivity contribution in [2.75, 3.05) is 34.5 Å². The van der Waals surface area contributed by atoms with Gasteiger partial charge >= 0.3 is 17.9 Å². The Morgan fingerprint density at radius 3 is 2.08 bits per heavy atom. The molecule has 0 bridgehead atoms. The predicted octanol–water partition coefficient (Wildman–Crippen LogP) is 1.92. The molecule has 2 saturated heterocycles. The van der Waals surface area contributed by atoms with E-state index in [1.54, 1.807) is 0 Å². The van der Waals surface area contributed by atoms with Crippen molar-refractivity contribution in [2.24, 2.45) is 50.2 Å². The third kappa shape index (κ3) is 6.63. The number of rotatable bonds is 8. The van der Waals surface area contributed by atoms with Gasteiger partial charge in [0.25, 0.3) is 0 Å². The Labute approximate surface area is 352 Å². The third-order valence-electron chi connectivity index (χ3n) is 17.8. The quantitative estimate of drug-likeness (QED) is 0.0886. The molecule has 6 N–H and O–H groups in total. The van der Waals surface area contributed by atoms with E-state index in [4.69, 9.17) is 28.4 Å². The summed E-state index contributed by atoms with van der Waals surface area (Å²) in [5, 5.41) is 65.2. The van der Waals surface area contributed by atoms with E-state index in [0.29, 0.717) is 32.1 Å². The molecule has 0 aromatic heterocycles. The van der Waals surface area contributed by atoms with Crippen LogP contribution < -0.4 is 0 Å². The minimum atomic E-state index is -1.86. The third-order valence-corrected chi connectivity index (χ3v) is 17.8. The second-order valence-electron chi connectivity index (χ2n) is 20.4. The molecule has 0 spiro atoms. The van der Waals surface area contributed by atoms with E-state index >= 15 is 0 Å². The molecule has 7 rings (SSSR count). The monoisotopic (exact) mass is 852 g/mol. The van der Waals surface area contributed by atoms with Gasteiger partial charge < -0.3 is 63.8 Å². The summed E-state index contributed by atoms with van der Waals surface area (Å²) in [7, 11) is 3.95. The smallest absolute Gasteiger partial charge is 0.337 e. The van der Waals surface area contributed by atoms with Crippen molar-refractivity contribution in [3.63, 3.8) is 0 Å². The maximum atomic E-state index is 13.8. The molecule has 6 fully saturated rings. The Morgan fingerprint density at radius 1 is 0.750 bits per heavy atom. The summed E-state index contributed by atoms with van der Waals surface area (Å²) in [5.74, 6) is -1.40. The first kappa shape index (κ1) is 45.8. The minimum Gasteiger partial charge on any atom is -0.469 e. The molecule has 16 heteroatoms. The lowest BCUT2D eigenvalue weighted by molar-refractivity contribution is -0.354. The number of aliphatic hydroxyl groups is 6. The molecular formula is C44H68O16. The Balaban J connectivity index is 1.12. The molecule has 7 aliphatic rings. The molecule has 2 aliphatic heterocycles. The standard InChI is InChI=1S/C44H68O16/c1-39(37(52)55-7)15-17-44(38(53)56-8)18-16-42(4)22(23(44)19-39)9-10-26-40(2)13-12-27(41(3,21-45)25(40)11-14-43(26,42)5)58-35-31(50)32(24(46)20-57-35)59-36-30(49)28(47)29(48)33(60-36)34(51)54-6/h9,23-33,35-36,45-50H,10-21H2,1-8H3/t23-,24+,25+,26+,27-,28-,29-,30+,31-,32-,33-,35-,36+,39-,40-,41-,42+,43+,44-/m0/s1. The average molecular weight is 853 g/mol. The minimum absolute atomic E-state index is 0.00717. The Kier molecular flexibility index (Phi) is 12.3. The van der Waals surface area contributed by atoms with Crippen molar-refractivity contribution in [1.82, 2.24) is 0 Å². The molecule has 16 nitrogen and oxygen atoms in total. The van der Waals surface area contributed by atoms with Gasteiger partial charge in [0.05, 0.1) is 51.5 Å². The highest BCUT2D eigenvalue weighted by atomic mass is 16.7. The van der Waals surface area contributed by atoms with Crippen LogP contribution in [0, 0.1) is 50.2 Å². The highest BCUT2D eigenvalue weighted by Gasteiger charge is 2.71. The van der Waals surface area contributed by atoms with Crippen molar-refractivity contribution in [2.45, 2.75) is 160 Å². The van der Waals surface area contributed by atoms with E-state index in [-0.39, 0.29) is 59.2 Å². The number of carbonyl (C=O) groups is 3. The SMILES string of the molecule is COC(=O)[C@H]1O[C@@H](O[C@@H]2[C@H](O)[C@H](O[C@H]3CC[C@@]4(C)[C@@H](CC[C@]5(C)[C@@H]4CC=C4[C@@H]6C[C@@](C)(C(=O)OC)CC[C@]6(C(=O)OC)CC[C@]45C)[C@]3(C)CO)OC[C@H]2O)[C@H](O)[C@@H](O)[C@@H]1O. The van der Waals surface area contributed by atoms with Crippen molar-refractivity contribution in [3.05, 3.63) is 11.6 Å². The van der Waals surface area contributed by atoms with Crippen LogP contribution in [0.15, 0.2) is 11.6 Å². The molecule has 60 heavy (non-hydrogen) atoms. The zero-order valence-corrected chi connectivity index (χ0v) is 36.3. The van der Waals surface area contributed by atoms with Crippen molar-refractivity contribution >= 4 is 17.9 Å². The number of aliphatic hydroxyl groups excluding tert-OH is 6. The first-order chi connectivity index (χ1) is 28.2. The van der Waals surface area contributed by atoms with Crippen LogP contribution in [0.5, 0.6) is 0 Å². The maximum absolute atomic E-state index is 13.8.